The van der Waals surface area contributed by atoms with Crippen LogP contribution in [0.2, 0.25) is 0 Å². The number of hydrogen-bond donors (Lipinski definition) is 0. The molecule has 3 heteroatoms. The van der Waals surface area contributed by atoms with Gasteiger partial charge in [0.05, 0.1) is 6.10 Å². The van der Waals surface area contributed by atoms with Gasteiger partial charge >= 0.3 is 0 Å². The summed E-state index contributed by atoms with van der Waals surface area (Å²) in [4.78, 5) is 0. The number of rotatable bonds is 0. The van der Waals surface area contributed by atoms with Crippen LogP contribution in [0.4, 0.5) is 8.78 Å². The highest BCUT2D eigenvalue weighted by molar-refractivity contribution is 4.72. The third-order valence-corrected chi connectivity index (χ3v) is 2.15. The largest absolute Gasteiger partial charge is 0.248 e. The van der Waals surface area contributed by atoms with Crippen LogP contribution in [-0.2, 0) is 5.11 Å². The average molecular weight is 163 g/mol. The maximum Gasteiger partial charge on any atom is 0.248 e. The predicted octanol–water partition coefficient (Wildman–Crippen LogP) is 2.78. The molecule has 0 aromatic carbocycles. The first-order chi connectivity index (χ1) is 5.10. The summed E-state index contributed by atoms with van der Waals surface area (Å²) in [7, 11) is 0. The van der Waals surface area contributed by atoms with E-state index in [-0.39, 0.29) is 19.3 Å². The van der Waals surface area contributed by atoms with E-state index in [1.54, 1.807) is 0 Å². The average Bonchev–Trinajstić information content (AvgIpc) is 1.92. The Kier molecular flexibility index (Phi) is 2.82. The molecule has 0 saturated heterocycles. The van der Waals surface area contributed by atoms with Crippen molar-refractivity contribution >= 4 is 0 Å². The minimum absolute atomic E-state index is 0.0281. The van der Waals surface area contributed by atoms with Crippen molar-refractivity contribution in [1.82, 2.24) is 0 Å². The molecular formula is C8H13F2O. The molecule has 0 amide bonds. The van der Waals surface area contributed by atoms with Gasteiger partial charge in [0.2, 0.25) is 5.92 Å². The summed E-state index contributed by atoms with van der Waals surface area (Å²) in [6.45, 7) is 0. The first-order valence-corrected chi connectivity index (χ1v) is 4.14. The molecule has 0 aliphatic heterocycles. The van der Waals surface area contributed by atoms with E-state index in [2.05, 4.69) is 0 Å². The molecule has 0 aromatic heterocycles. The Morgan fingerprint density at radius 3 is 2.55 bits per heavy atom. The Morgan fingerprint density at radius 2 is 1.82 bits per heavy atom. The van der Waals surface area contributed by atoms with Crippen LogP contribution < -0.4 is 0 Å². The molecule has 1 nitrogen and oxygen atoms in total. The Bertz CT molecular complexity index is 125. The van der Waals surface area contributed by atoms with Gasteiger partial charge in [-0.15, -0.1) is 0 Å². The van der Waals surface area contributed by atoms with Crippen molar-refractivity contribution in [3.8, 4) is 0 Å². The third-order valence-electron chi connectivity index (χ3n) is 2.15. The van der Waals surface area contributed by atoms with Crippen molar-refractivity contribution < 1.29 is 13.9 Å². The van der Waals surface area contributed by atoms with Crippen LogP contribution >= 0.6 is 0 Å². The maximum absolute atomic E-state index is 12.7. The summed E-state index contributed by atoms with van der Waals surface area (Å²) in [6.07, 6.45) is 0.917. The van der Waals surface area contributed by atoms with Crippen LogP contribution in [0.3, 0.4) is 0 Å². The normalized spacial score (nSPS) is 32.5. The van der Waals surface area contributed by atoms with Crippen molar-refractivity contribution in [2.24, 2.45) is 0 Å². The molecule has 1 aliphatic carbocycles. The van der Waals surface area contributed by atoms with Gasteiger partial charge in [-0.3, -0.25) is 0 Å². The minimum atomic E-state index is -2.57. The van der Waals surface area contributed by atoms with Gasteiger partial charge in [0.15, 0.2) is 0 Å². The predicted molar refractivity (Wildman–Crippen MR) is 37.1 cm³/mol. The molecule has 65 valence electrons. The molecule has 0 aromatic rings. The minimum Gasteiger partial charge on any atom is -0.233 e. The van der Waals surface area contributed by atoms with Crippen molar-refractivity contribution in [3.05, 3.63) is 0 Å². The zero-order valence-electron chi connectivity index (χ0n) is 6.48. The van der Waals surface area contributed by atoms with Crippen LogP contribution in [0, 0.1) is 0 Å². The lowest BCUT2D eigenvalue weighted by Crippen LogP contribution is -2.21. The third kappa shape index (κ3) is 3.14. The second-order valence-electron chi connectivity index (χ2n) is 3.26. The van der Waals surface area contributed by atoms with Gasteiger partial charge in [0, 0.05) is 12.8 Å². The first-order valence-electron chi connectivity index (χ1n) is 4.14. The molecule has 0 spiro atoms. The summed E-state index contributed by atoms with van der Waals surface area (Å²) in [5.41, 5.74) is 0. The van der Waals surface area contributed by atoms with E-state index in [0.717, 1.165) is 0 Å². The monoisotopic (exact) mass is 163 g/mol. The van der Waals surface area contributed by atoms with Crippen LogP contribution in [0.15, 0.2) is 0 Å². The summed E-state index contributed by atoms with van der Waals surface area (Å²) in [5, 5.41) is 10.9. The molecule has 1 atom stereocenters. The van der Waals surface area contributed by atoms with Gasteiger partial charge in [-0.2, -0.15) is 0 Å². The number of halogens is 2. The second kappa shape index (κ2) is 3.48. The standard InChI is InChI=1S/C8H13F2O/c9-8(10)5-2-1-3-7(11)4-6-8/h7H,1-6H2. The summed E-state index contributed by atoms with van der Waals surface area (Å²) in [6, 6.07) is 0. The van der Waals surface area contributed by atoms with Gasteiger partial charge in [0.25, 0.3) is 0 Å². The Balaban J connectivity index is 2.38. The van der Waals surface area contributed by atoms with Crippen LogP contribution in [0.1, 0.15) is 38.5 Å². The maximum atomic E-state index is 12.7. The summed E-state index contributed by atoms with van der Waals surface area (Å²) >= 11 is 0. The zero-order chi connectivity index (χ0) is 8.32. The number of alkyl halides is 2. The topological polar surface area (TPSA) is 19.9 Å². The molecule has 1 radical (unpaired) electrons. The van der Waals surface area contributed by atoms with Gasteiger partial charge in [0.1, 0.15) is 0 Å². The first kappa shape index (κ1) is 8.91. The Hall–Kier alpha value is -0.180. The fourth-order valence-corrected chi connectivity index (χ4v) is 1.40. The Labute approximate surface area is 65.4 Å². The van der Waals surface area contributed by atoms with Crippen LogP contribution in [0.5, 0.6) is 0 Å². The van der Waals surface area contributed by atoms with E-state index in [1.165, 1.54) is 0 Å². The molecule has 0 N–H and O–H groups in total. The molecule has 1 rings (SSSR count). The summed E-state index contributed by atoms with van der Waals surface area (Å²) < 4.78 is 25.4. The SMILES string of the molecule is [O]C1CCCCC(F)(F)CC1. The van der Waals surface area contributed by atoms with Gasteiger partial charge in [-0.05, 0) is 19.3 Å². The van der Waals surface area contributed by atoms with E-state index in [1.807, 2.05) is 0 Å². The van der Waals surface area contributed by atoms with E-state index in [0.29, 0.717) is 19.3 Å². The molecule has 1 aliphatic rings. The molecule has 1 fully saturated rings. The molecule has 0 bridgehead atoms. The lowest BCUT2D eigenvalue weighted by atomic mass is 9.96. The smallest absolute Gasteiger partial charge is 0.233 e. The quantitative estimate of drug-likeness (QED) is 0.523. The lowest BCUT2D eigenvalue weighted by molar-refractivity contribution is -0.0476. The highest BCUT2D eigenvalue weighted by Gasteiger charge is 2.30. The second-order valence-corrected chi connectivity index (χ2v) is 3.26. The van der Waals surface area contributed by atoms with Crippen molar-refractivity contribution in [3.63, 3.8) is 0 Å². The van der Waals surface area contributed by atoms with Crippen LogP contribution in [0.25, 0.3) is 0 Å². The van der Waals surface area contributed by atoms with Gasteiger partial charge in [-0.25, -0.2) is 13.9 Å². The molecule has 1 unspecified atom stereocenters. The highest BCUT2D eigenvalue weighted by atomic mass is 19.3. The lowest BCUT2D eigenvalue weighted by Gasteiger charge is -2.20. The highest BCUT2D eigenvalue weighted by Crippen LogP contribution is 2.30. The van der Waals surface area contributed by atoms with Crippen molar-refractivity contribution in [2.45, 2.75) is 50.6 Å². The molecule has 0 heterocycles. The van der Waals surface area contributed by atoms with E-state index in [4.69, 9.17) is 0 Å². The fourth-order valence-electron chi connectivity index (χ4n) is 1.40. The zero-order valence-corrected chi connectivity index (χ0v) is 6.48. The fraction of sp³-hybridized carbons (Fsp3) is 1.00. The van der Waals surface area contributed by atoms with Gasteiger partial charge < -0.3 is 0 Å². The van der Waals surface area contributed by atoms with E-state index >= 15 is 0 Å². The molecule has 1 saturated carbocycles. The van der Waals surface area contributed by atoms with E-state index in [9.17, 15) is 13.9 Å². The summed E-state index contributed by atoms with van der Waals surface area (Å²) in [5.74, 6) is -2.57. The van der Waals surface area contributed by atoms with Crippen LogP contribution in [-0.4, -0.2) is 12.0 Å². The molecular weight excluding hydrogens is 150 g/mol. The van der Waals surface area contributed by atoms with Gasteiger partial charge in [-0.1, -0.05) is 6.42 Å². The number of hydrogen-bond acceptors (Lipinski definition) is 0. The van der Waals surface area contributed by atoms with Crippen molar-refractivity contribution in [1.29, 1.82) is 0 Å². The molecule has 11 heavy (non-hydrogen) atoms. The Morgan fingerprint density at radius 1 is 1.09 bits per heavy atom. The van der Waals surface area contributed by atoms with Crippen molar-refractivity contribution in [2.75, 3.05) is 0 Å². The van der Waals surface area contributed by atoms with E-state index < -0.39 is 12.0 Å².